The van der Waals surface area contributed by atoms with Crippen LogP contribution in [0.5, 0.6) is 0 Å². The molecule has 1 aliphatic rings. The first kappa shape index (κ1) is 14.3. The van der Waals surface area contributed by atoms with E-state index in [0.717, 1.165) is 35.2 Å². The molecule has 0 aliphatic heterocycles. The molecule has 3 rings (SSSR count). The fourth-order valence-corrected chi connectivity index (χ4v) is 2.97. The Morgan fingerprint density at radius 2 is 2.10 bits per heavy atom. The van der Waals surface area contributed by atoms with Crippen molar-refractivity contribution in [1.29, 1.82) is 0 Å². The van der Waals surface area contributed by atoms with Gasteiger partial charge in [0.2, 0.25) is 0 Å². The highest BCUT2D eigenvalue weighted by Gasteiger charge is 2.26. The average Bonchev–Trinajstić information content (AvgIpc) is 2.48. The second-order valence-electron chi connectivity index (χ2n) is 5.72. The van der Waals surface area contributed by atoms with Crippen molar-refractivity contribution in [1.82, 2.24) is 4.98 Å². The number of rotatable bonds is 6. The molecule has 1 aromatic heterocycles. The summed E-state index contributed by atoms with van der Waals surface area (Å²) < 4.78 is 0. The molecule has 1 aliphatic carbocycles. The van der Waals surface area contributed by atoms with E-state index in [1.54, 1.807) is 0 Å². The molecule has 3 N–H and O–H groups in total. The minimum Gasteiger partial charge on any atom is -0.396 e. The molecular weight excluding hydrogens is 262 g/mol. The van der Waals surface area contributed by atoms with Crippen molar-refractivity contribution < 1.29 is 5.11 Å². The lowest BCUT2D eigenvalue weighted by Gasteiger charge is -2.38. The van der Waals surface area contributed by atoms with Gasteiger partial charge >= 0.3 is 0 Å². The van der Waals surface area contributed by atoms with E-state index in [2.05, 4.69) is 17.0 Å². The van der Waals surface area contributed by atoms with Crippen LogP contribution in [0.15, 0.2) is 30.3 Å². The Kier molecular flexibility index (Phi) is 4.36. The minimum atomic E-state index is 0.223. The number of aromatic nitrogens is 1. The van der Waals surface area contributed by atoms with Gasteiger partial charge < -0.3 is 15.7 Å². The normalized spacial score (nSPS) is 15.1. The SMILES string of the molecule is NCc1cc(N(CCCO)C2CCC2)nc2ccccc12. The summed E-state index contributed by atoms with van der Waals surface area (Å²) in [6.45, 7) is 1.60. The van der Waals surface area contributed by atoms with Gasteiger partial charge in [-0.15, -0.1) is 0 Å². The standard InChI is InChI=1S/C17H23N3O/c18-12-13-11-17(19-16-8-2-1-7-15(13)16)20(9-4-10-21)14-5-3-6-14/h1-2,7-8,11,14,21H,3-6,9-10,12,18H2. The van der Waals surface area contributed by atoms with Crippen LogP contribution in [0.4, 0.5) is 5.82 Å². The van der Waals surface area contributed by atoms with Crippen molar-refractivity contribution in [2.45, 2.75) is 38.3 Å². The van der Waals surface area contributed by atoms with Crippen molar-refractivity contribution in [2.75, 3.05) is 18.1 Å². The summed E-state index contributed by atoms with van der Waals surface area (Å²) in [5, 5.41) is 10.3. The van der Waals surface area contributed by atoms with Crippen LogP contribution in [0.25, 0.3) is 10.9 Å². The van der Waals surface area contributed by atoms with Crippen LogP contribution in [0, 0.1) is 0 Å². The summed E-state index contributed by atoms with van der Waals surface area (Å²) in [5.41, 5.74) is 8.07. The molecule has 0 amide bonds. The molecule has 1 saturated carbocycles. The first-order valence-electron chi connectivity index (χ1n) is 7.79. The van der Waals surface area contributed by atoms with Gasteiger partial charge in [0, 0.05) is 31.1 Å². The van der Waals surface area contributed by atoms with E-state index in [9.17, 15) is 0 Å². The molecule has 21 heavy (non-hydrogen) atoms. The first-order chi connectivity index (χ1) is 10.3. The molecule has 1 fully saturated rings. The van der Waals surface area contributed by atoms with E-state index in [0.29, 0.717) is 12.6 Å². The van der Waals surface area contributed by atoms with Gasteiger partial charge in [-0.05, 0) is 43.4 Å². The van der Waals surface area contributed by atoms with Crippen molar-refractivity contribution >= 4 is 16.7 Å². The molecule has 2 aromatic rings. The summed E-state index contributed by atoms with van der Waals surface area (Å²) in [7, 11) is 0. The van der Waals surface area contributed by atoms with Crippen LogP contribution in [-0.2, 0) is 6.54 Å². The number of nitrogens with zero attached hydrogens (tertiary/aromatic N) is 2. The van der Waals surface area contributed by atoms with Gasteiger partial charge in [0.15, 0.2) is 0 Å². The number of nitrogens with two attached hydrogens (primary N) is 1. The predicted octanol–water partition coefficient (Wildman–Crippen LogP) is 2.43. The molecule has 0 atom stereocenters. The van der Waals surface area contributed by atoms with E-state index in [4.69, 9.17) is 15.8 Å². The Hall–Kier alpha value is -1.65. The largest absolute Gasteiger partial charge is 0.396 e. The van der Waals surface area contributed by atoms with Crippen LogP contribution in [0.1, 0.15) is 31.2 Å². The Bertz CT molecular complexity index is 610. The Morgan fingerprint density at radius 3 is 2.76 bits per heavy atom. The number of pyridine rings is 1. The molecule has 112 valence electrons. The summed E-state index contributed by atoms with van der Waals surface area (Å²) in [4.78, 5) is 7.18. The fraction of sp³-hybridized carbons (Fsp3) is 0.471. The van der Waals surface area contributed by atoms with Gasteiger partial charge in [-0.1, -0.05) is 18.2 Å². The van der Waals surface area contributed by atoms with Crippen LogP contribution in [0.2, 0.25) is 0 Å². The highest BCUT2D eigenvalue weighted by atomic mass is 16.3. The van der Waals surface area contributed by atoms with Gasteiger partial charge in [-0.2, -0.15) is 0 Å². The van der Waals surface area contributed by atoms with Crippen molar-refractivity contribution in [3.63, 3.8) is 0 Å². The van der Waals surface area contributed by atoms with E-state index in [1.807, 2.05) is 18.2 Å². The third-order valence-electron chi connectivity index (χ3n) is 4.38. The highest BCUT2D eigenvalue weighted by Crippen LogP contribution is 2.31. The predicted molar refractivity (Wildman–Crippen MR) is 86.3 cm³/mol. The number of fused-ring (bicyclic) bond motifs is 1. The molecule has 0 spiro atoms. The quantitative estimate of drug-likeness (QED) is 0.855. The van der Waals surface area contributed by atoms with Gasteiger partial charge in [-0.25, -0.2) is 4.98 Å². The summed E-state index contributed by atoms with van der Waals surface area (Å²) >= 11 is 0. The molecular formula is C17H23N3O. The summed E-state index contributed by atoms with van der Waals surface area (Å²) in [5.74, 6) is 1.01. The molecule has 0 bridgehead atoms. The van der Waals surface area contributed by atoms with E-state index < -0.39 is 0 Å². The van der Waals surface area contributed by atoms with Crippen molar-refractivity contribution in [3.05, 3.63) is 35.9 Å². The lowest BCUT2D eigenvalue weighted by molar-refractivity contribution is 0.282. The van der Waals surface area contributed by atoms with Gasteiger partial charge in [0.05, 0.1) is 5.52 Å². The number of hydrogen-bond donors (Lipinski definition) is 2. The lowest BCUT2D eigenvalue weighted by atomic mass is 9.91. The monoisotopic (exact) mass is 285 g/mol. The second-order valence-corrected chi connectivity index (χ2v) is 5.72. The molecule has 0 saturated heterocycles. The van der Waals surface area contributed by atoms with Gasteiger partial charge in [0.1, 0.15) is 5.82 Å². The maximum atomic E-state index is 9.14. The topological polar surface area (TPSA) is 62.4 Å². The lowest BCUT2D eigenvalue weighted by Crippen LogP contribution is -2.41. The fourth-order valence-electron chi connectivity index (χ4n) is 2.97. The molecule has 4 heteroatoms. The third-order valence-corrected chi connectivity index (χ3v) is 4.38. The maximum absolute atomic E-state index is 9.14. The van der Waals surface area contributed by atoms with Crippen LogP contribution >= 0.6 is 0 Å². The first-order valence-corrected chi connectivity index (χ1v) is 7.79. The minimum absolute atomic E-state index is 0.223. The number of aliphatic hydroxyl groups excluding tert-OH is 1. The Balaban J connectivity index is 1.99. The third kappa shape index (κ3) is 2.87. The number of aliphatic hydroxyl groups is 1. The summed E-state index contributed by atoms with van der Waals surface area (Å²) in [6.07, 6.45) is 4.51. The van der Waals surface area contributed by atoms with Crippen LogP contribution < -0.4 is 10.6 Å². The van der Waals surface area contributed by atoms with Crippen molar-refractivity contribution in [2.24, 2.45) is 5.73 Å². The van der Waals surface area contributed by atoms with Gasteiger partial charge in [-0.3, -0.25) is 0 Å². The smallest absolute Gasteiger partial charge is 0.129 e. The average molecular weight is 285 g/mol. The molecule has 1 aromatic carbocycles. The second kappa shape index (κ2) is 6.41. The number of benzene rings is 1. The zero-order chi connectivity index (χ0) is 14.7. The molecule has 0 unspecified atom stereocenters. The van der Waals surface area contributed by atoms with Crippen LogP contribution in [0.3, 0.4) is 0 Å². The zero-order valence-electron chi connectivity index (χ0n) is 12.3. The zero-order valence-corrected chi connectivity index (χ0v) is 12.3. The Labute approximate surface area is 125 Å². The maximum Gasteiger partial charge on any atom is 0.129 e. The van der Waals surface area contributed by atoms with E-state index in [-0.39, 0.29) is 6.61 Å². The molecule has 0 radical (unpaired) electrons. The number of hydrogen-bond acceptors (Lipinski definition) is 4. The van der Waals surface area contributed by atoms with E-state index in [1.165, 1.54) is 19.3 Å². The Morgan fingerprint density at radius 1 is 1.29 bits per heavy atom. The summed E-state index contributed by atoms with van der Waals surface area (Å²) in [6, 6.07) is 10.9. The number of anilines is 1. The van der Waals surface area contributed by atoms with Crippen LogP contribution in [-0.4, -0.2) is 29.3 Å². The number of para-hydroxylation sites is 1. The van der Waals surface area contributed by atoms with Crippen molar-refractivity contribution in [3.8, 4) is 0 Å². The van der Waals surface area contributed by atoms with E-state index >= 15 is 0 Å². The van der Waals surface area contributed by atoms with Gasteiger partial charge in [0.25, 0.3) is 0 Å². The molecule has 1 heterocycles. The highest BCUT2D eigenvalue weighted by molar-refractivity contribution is 5.84. The molecule has 4 nitrogen and oxygen atoms in total.